The highest BCUT2D eigenvalue weighted by Gasteiger charge is 2.16. The first kappa shape index (κ1) is 10.5. The second kappa shape index (κ2) is 4.06. The quantitative estimate of drug-likeness (QED) is 0.701. The predicted octanol–water partition coefficient (Wildman–Crippen LogP) is 0.568. The van der Waals surface area contributed by atoms with E-state index >= 15 is 0 Å². The molecule has 1 radical (unpaired) electrons. The Labute approximate surface area is 78.0 Å². The van der Waals surface area contributed by atoms with E-state index in [0.29, 0.717) is 6.07 Å². The fourth-order valence-electron chi connectivity index (χ4n) is 0.849. The average Bonchev–Trinajstić information content (AvgIpc) is 2.11. The van der Waals surface area contributed by atoms with Gasteiger partial charge >= 0.3 is 13.7 Å². The van der Waals surface area contributed by atoms with Crippen LogP contribution in [0, 0.1) is 11.6 Å². The van der Waals surface area contributed by atoms with Crippen LogP contribution in [0.3, 0.4) is 0 Å². The van der Waals surface area contributed by atoms with Crippen LogP contribution in [0.1, 0.15) is 10.4 Å². The topological polar surface area (TPSA) is 66.8 Å². The Kier molecular flexibility index (Phi) is 3.03. The summed E-state index contributed by atoms with van der Waals surface area (Å²) in [6.45, 7) is 0. The first-order valence-corrected chi connectivity index (χ1v) is 3.41. The van der Waals surface area contributed by atoms with Gasteiger partial charge in [0.05, 0.1) is 0 Å². The number of carboxylic acids is 1. The molecule has 0 spiro atoms. The molecule has 0 aliphatic rings. The standard InChI is InChI=1S/C7H4BF2O4/c9-5-2-3(14-8-13)1-4(6(5)10)7(11)12/h1-2,13H,(H,11,12). The maximum Gasteiger partial charge on any atom is 0.569 e. The van der Waals surface area contributed by atoms with E-state index in [1.165, 1.54) is 0 Å². The van der Waals surface area contributed by atoms with Crippen molar-refractivity contribution in [1.29, 1.82) is 0 Å². The largest absolute Gasteiger partial charge is 0.569 e. The number of carboxylic acid groups (broad SMARTS) is 1. The molecule has 0 amide bonds. The molecule has 0 saturated heterocycles. The van der Waals surface area contributed by atoms with Crippen molar-refractivity contribution in [3.8, 4) is 5.75 Å². The van der Waals surface area contributed by atoms with Gasteiger partial charge in [-0.15, -0.1) is 0 Å². The summed E-state index contributed by atoms with van der Waals surface area (Å²) in [5.74, 6) is -4.75. The van der Waals surface area contributed by atoms with Crippen LogP contribution in [0.25, 0.3) is 0 Å². The molecule has 0 unspecified atom stereocenters. The van der Waals surface area contributed by atoms with Crippen molar-refractivity contribution in [2.75, 3.05) is 0 Å². The van der Waals surface area contributed by atoms with Crippen LogP contribution in [0.15, 0.2) is 12.1 Å². The van der Waals surface area contributed by atoms with Crippen LogP contribution in [0.4, 0.5) is 8.78 Å². The lowest BCUT2D eigenvalue weighted by atomic mass is 10.2. The highest BCUT2D eigenvalue weighted by molar-refractivity contribution is 6.17. The third-order valence-corrected chi connectivity index (χ3v) is 1.42. The number of aromatic carboxylic acids is 1. The molecular weight excluding hydrogens is 197 g/mol. The van der Waals surface area contributed by atoms with Crippen molar-refractivity contribution in [3.63, 3.8) is 0 Å². The van der Waals surface area contributed by atoms with Crippen molar-refractivity contribution in [2.24, 2.45) is 0 Å². The van der Waals surface area contributed by atoms with E-state index < -0.39 is 23.2 Å². The monoisotopic (exact) mass is 201 g/mol. The summed E-state index contributed by atoms with van der Waals surface area (Å²) in [5.41, 5.74) is -0.859. The Hall–Kier alpha value is -1.63. The van der Waals surface area contributed by atoms with Crippen molar-refractivity contribution < 1.29 is 28.4 Å². The summed E-state index contributed by atoms with van der Waals surface area (Å²) in [6.07, 6.45) is 0. The number of rotatable bonds is 3. The molecule has 0 bridgehead atoms. The van der Waals surface area contributed by atoms with E-state index in [2.05, 4.69) is 4.65 Å². The maximum atomic E-state index is 12.8. The van der Waals surface area contributed by atoms with Gasteiger partial charge in [-0.2, -0.15) is 0 Å². The van der Waals surface area contributed by atoms with Gasteiger partial charge in [0.25, 0.3) is 0 Å². The molecule has 0 aromatic heterocycles. The second-order valence-corrected chi connectivity index (χ2v) is 2.30. The molecule has 2 N–H and O–H groups in total. The van der Waals surface area contributed by atoms with E-state index in [-0.39, 0.29) is 13.4 Å². The van der Waals surface area contributed by atoms with Gasteiger partial charge in [0.15, 0.2) is 11.6 Å². The minimum absolute atomic E-state index is 0.234. The molecule has 14 heavy (non-hydrogen) atoms. The van der Waals surface area contributed by atoms with E-state index in [1.807, 2.05) is 0 Å². The van der Waals surface area contributed by atoms with E-state index in [4.69, 9.17) is 10.1 Å². The molecule has 73 valence electrons. The van der Waals surface area contributed by atoms with Gasteiger partial charge < -0.3 is 14.8 Å². The van der Waals surface area contributed by atoms with Gasteiger partial charge in [-0.25, -0.2) is 13.6 Å². The van der Waals surface area contributed by atoms with E-state index in [1.54, 1.807) is 0 Å². The molecule has 0 aliphatic carbocycles. The summed E-state index contributed by atoms with van der Waals surface area (Å²) in [5, 5.41) is 16.6. The minimum atomic E-state index is -1.62. The maximum absolute atomic E-state index is 12.8. The highest BCUT2D eigenvalue weighted by atomic mass is 19.2. The zero-order chi connectivity index (χ0) is 10.7. The molecule has 0 atom stereocenters. The molecule has 0 fully saturated rings. The Morgan fingerprint density at radius 2 is 2.07 bits per heavy atom. The molecule has 4 nitrogen and oxygen atoms in total. The summed E-state index contributed by atoms with van der Waals surface area (Å²) in [6, 6.07) is 1.38. The second-order valence-electron chi connectivity index (χ2n) is 2.30. The average molecular weight is 201 g/mol. The zero-order valence-corrected chi connectivity index (χ0v) is 6.70. The molecule has 0 aliphatic heterocycles. The van der Waals surface area contributed by atoms with E-state index in [0.717, 1.165) is 6.07 Å². The summed E-state index contributed by atoms with van der Waals surface area (Å²) in [4.78, 5) is 10.4. The van der Waals surface area contributed by atoms with Crippen LogP contribution in [-0.4, -0.2) is 23.8 Å². The predicted molar refractivity (Wildman–Crippen MR) is 41.9 cm³/mol. The fraction of sp³-hybridized carbons (Fsp3) is 0. The Morgan fingerprint density at radius 3 is 2.57 bits per heavy atom. The number of benzene rings is 1. The van der Waals surface area contributed by atoms with Crippen molar-refractivity contribution >= 4 is 13.7 Å². The normalized spacial score (nSPS) is 9.64. The highest BCUT2D eigenvalue weighted by Crippen LogP contribution is 2.20. The fourth-order valence-corrected chi connectivity index (χ4v) is 0.849. The Bertz CT molecular complexity index is 369. The zero-order valence-electron chi connectivity index (χ0n) is 6.70. The third kappa shape index (κ3) is 2.00. The first-order valence-electron chi connectivity index (χ1n) is 3.41. The number of hydrogen-bond donors (Lipinski definition) is 2. The lowest BCUT2D eigenvalue weighted by Gasteiger charge is -2.04. The van der Waals surface area contributed by atoms with Gasteiger partial charge in [0.2, 0.25) is 0 Å². The van der Waals surface area contributed by atoms with Crippen molar-refractivity contribution in [2.45, 2.75) is 0 Å². The molecule has 1 aromatic rings. The summed E-state index contributed by atoms with van der Waals surface area (Å²) >= 11 is 0. The smallest absolute Gasteiger partial charge is 0.537 e. The Morgan fingerprint density at radius 1 is 1.43 bits per heavy atom. The van der Waals surface area contributed by atoms with E-state index in [9.17, 15) is 13.6 Å². The van der Waals surface area contributed by atoms with Gasteiger partial charge in [0.1, 0.15) is 11.3 Å². The molecule has 0 heterocycles. The Balaban J connectivity index is 3.21. The molecule has 1 rings (SSSR count). The molecular formula is C7H4BF2O4. The number of halogens is 2. The van der Waals surface area contributed by atoms with Crippen LogP contribution in [0.5, 0.6) is 5.75 Å². The third-order valence-electron chi connectivity index (χ3n) is 1.42. The van der Waals surface area contributed by atoms with Gasteiger partial charge in [0, 0.05) is 6.07 Å². The lowest BCUT2D eigenvalue weighted by molar-refractivity contribution is 0.0690. The SMILES string of the molecule is O=C(O)c1cc(O[B]O)cc(F)c1F. The minimum Gasteiger partial charge on any atom is -0.537 e. The molecule has 0 saturated carbocycles. The molecule has 1 aromatic carbocycles. The number of carbonyl (C=O) groups is 1. The van der Waals surface area contributed by atoms with Crippen LogP contribution in [0.2, 0.25) is 0 Å². The lowest BCUT2D eigenvalue weighted by Crippen LogP contribution is -2.06. The van der Waals surface area contributed by atoms with Crippen molar-refractivity contribution in [3.05, 3.63) is 29.3 Å². The molecule has 7 heteroatoms. The first-order chi connectivity index (χ1) is 6.56. The number of hydrogen-bond acceptors (Lipinski definition) is 3. The van der Waals surface area contributed by atoms with Crippen LogP contribution >= 0.6 is 0 Å². The van der Waals surface area contributed by atoms with Crippen molar-refractivity contribution in [1.82, 2.24) is 0 Å². The van der Waals surface area contributed by atoms with Gasteiger partial charge in [-0.05, 0) is 6.07 Å². The van der Waals surface area contributed by atoms with Crippen LogP contribution < -0.4 is 4.65 Å². The van der Waals surface area contributed by atoms with Gasteiger partial charge in [-0.3, -0.25) is 0 Å². The summed E-state index contributed by atoms with van der Waals surface area (Å²) in [7, 11) is 0.234. The summed E-state index contributed by atoms with van der Waals surface area (Å²) < 4.78 is 29.8. The van der Waals surface area contributed by atoms with Gasteiger partial charge in [-0.1, -0.05) is 0 Å². The van der Waals surface area contributed by atoms with Crippen LogP contribution in [-0.2, 0) is 0 Å².